The molecule has 0 aliphatic heterocycles. The van der Waals surface area contributed by atoms with Crippen LogP contribution in [0.3, 0.4) is 0 Å². The maximum atomic E-state index is 12.7. The van der Waals surface area contributed by atoms with Crippen LogP contribution in [0.25, 0.3) is 0 Å². The zero-order valence-corrected chi connectivity index (χ0v) is 7.70. The molecule has 2 N–H and O–H groups in total. The van der Waals surface area contributed by atoms with Crippen LogP contribution in [-0.4, -0.2) is 44.4 Å². The summed E-state index contributed by atoms with van der Waals surface area (Å²) < 4.78 is 21.2. The van der Waals surface area contributed by atoms with E-state index in [1.807, 2.05) is 0 Å². The summed E-state index contributed by atoms with van der Waals surface area (Å²) in [6.07, 6.45) is -3.59. The Morgan fingerprint density at radius 1 is 1.75 bits per heavy atom. The molecule has 0 fully saturated rings. The second-order valence-corrected chi connectivity index (χ2v) is 2.44. The van der Waals surface area contributed by atoms with Crippen LogP contribution < -0.4 is 0 Å². The van der Waals surface area contributed by atoms with E-state index < -0.39 is 18.4 Å². The van der Waals surface area contributed by atoms with E-state index in [0.29, 0.717) is 6.21 Å². The van der Waals surface area contributed by atoms with Crippen molar-refractivity contribution in [1.82, 2.24) is 0 Å². The predicted octanol–water partition coefficient (Wildman–Crippen LogP) is 0.130. The minimum absolute atomic E-state index is 0.259. The first-order chi connectivity index (χ1) is 5.67. The lowest BCUT2D eigenvalue weighted by atomic mass is 10.1. The standard InChI is InChI=1S/C5H8BBrFNO3/c6-11-2-4(10)5(12-7)3(8)1-9/h1,3-5,9-10H,2H2/t3-,4-,5?/m1/s1. The summed E-state index contributed by atoms with van der Waals surface area (Å²) >= 11 is 2.53. The van der Waals surface area contributed by atoms with E-state index in [0.717, 1.165) is 0 Å². The van der Waals surface area contributed by atoms with Gasteiger partial charge in [-0.25, -0.2) is 4.39 Å². The summed E-state index contributed by atoms with van der Waals surface area (Å²) in [5, 5.41) is 15.7. The molecule has 7 heteroatoms. The van der Waals surface area contributed by atoms with Gasteiger partial charge in [-0.3, -0.25) is 3.83 Å². The number of aliphatic hydroxyl groups is 1. The summed E-state index contributed by atoms with van der Waals surface area (Å²) in [6.45, 7) is -0.259. The van der Waals surface area contributed by atoms with Crippen molar-refractivity contribution in [3.63, 3.8) is 0 Å². The molecule has 68 valence electrons. The number of rotatable bonds is 6. The van der Waals surface area contributed by atoms with Crippen LogP contribution in [0.1, 0.15) is 0 Å². The molecule has 0 aromatic heterocycles. The van der Waals surface area contributed by atoms with Gasteiger partial charge in [0.05, 0.1) is 22.9 Å². The van der Waals surface area contributed by atoms with Gasteiger partial charge < -0.3 is 15.2 Å². The SMILES string of the molecule is [B]OC[C@@H](O)C(OBr)[C@H](F)C=N. The Morgan fingerprint density at radius 2 is 2.33 bits per heavy atom. The van der Waals surface area contributed by atoms with E-state index in [2.05, 4.69) is 32.8 Å². The Bertz CT molecular complexity index is 142. The number of halogens is 2. The van der Waals surface area contributed by atoms with Gasteiger partial charge in [0.25, 0.3) is 8.05 Å². The van der Waals surface area contributed by atoms with Crippen LogP contribution in [0.4, 0.5) is 4.39 Å². The Labute approximate surface area is 79.5 Å². The van der Waals surface area contributed by atoms with Crippen LogP contribution in [-0.2, 0) is 8.48 Å². The number of alkyl halides is 1. The highest BCUT2D eigenvalue weighted by molar-refractivity contribution is 9.06. The highest BCUT2D eigenvalue weighted by Gasteiger charge is 2.27. The Kier molecular flexibility index (Phi) is 6.54. The fraction of sp³-hybridized carbons (Fsp3) is 0.800. The molecule has 0 aliphatic carbocycles. The van der Waals surface area contributed by atoms with Crippen molar-refractivity contribution >= 4 is 30.5 Å². The normalized spacial score (nSPS) is 18.2. The van der Waals surface area contributed by atoms with E-state index in [1.165, 1.54) is 0 Å². The molecule has 2 radical (unpaired) electrons. The molecule has 0 amide bonds. The van der Waals surface area contributed by atoms with Gasteiger partial charge in [-0.15, -0.1) is 0 Å². The lowest BCUT2D eigenvalue weighted by Gasteiger charge is -2.20. The molecule has 0 aromatic rings. The Hall–Kier alpha value is 0.0249. The summed E-state index contributed by atoms with van der Waals surface area (Å²) in [6, 6.07) is 0. The third kappa shape index (κ3) is 3.62. The van der Waals surface area contributed by atoms with Gasteiger partial charge in [-0.05, 0) is 0 Å². The topological polar surface area (TPSA) is 62.5 Å². The van der Waals surface area contributed by atoms with Crippen molar-refractivity contribution in [3.8, 4) is 0 Å². The molecule has 0 bridgehead atoms. The Morgan fingerprint density at radius 3 is 2.67 bits per heavy atom. The maximum Gasteiger partial charge on any atom is 0.282 e. The molecule has 0 saturated heterocycles. The van der Waals surface area contributed by atoms with Crippen LogP contribution in [0.2, 0.25) is 0 Å². The van der Waals surface area contributed by atoms with Gasteiger partial charge in [0.15, 0.2) is 6.17 Å². The van der Waals surface area contributed by atoms with Crippen molar-refractivity contribution in [2.45, 2.75) is 18.4 Å². The lowest BCUT2D eigenvalue weighted by Crippen LogP contribution is -2.39. The van der Waals surface area contributed by atoms with Crippen LogP contribution >= 0.6 is 16.3 Å². The highest BCUT2D eigenvalue weighted by atomic mass is 79.9. The summed E-state index contributed by atoms with van der Waals surface area (Å²) in [4.78, 5) is 0. The van der Waals surface area contributed by atoms with Crippen molar-refractivity contribution in [2.24, 2.45) is 0 Å². The van der Waals surface area contributed by atoms with E-state index in [-0.39, 0.29) is 6.61 Å². The largest absolute Gasteiger partial charge is 0.445 e. The first-order valence-electron chi connectivity index (χ1n) is 3.09. The van der Waals surface area contributed by atoms with E-state index >= 15 is 0 Å². The molecule has 12 heavy (non-hydrogen) atoms. The molecule has 0 aromatic carbocycles. The van der Waals surface area contributed by atoms with Gasteiger partial charge in [0.2, 0.25) is 0 Å². The van der Waals surface area contributed by atoms with E-state index in [1.54, 1.807) is 0 Å². The molecule has 1 unspecified atom stereocenters. The fourth-order valence-electron chi connectivity index (χ4n) is 0.609. The smallest absolute Gasteiger partial charge is 0.282 e. The number of aliphatic hydroxyl groups excluding tert-OH is 1. The average molecular weight is 240 g/mol. The van der Waals surface area contributed by atoms with Gasteiger partial charge in [0.1, 0.15) is 12.2 Å². The van der Waals surface area contributed by atoms with Crippen molar-refractivity contribution < 1.29 is 18.0 Å². The second kappa shape index (κ2) is 6.53. The monoisotopic (exact) mass is 239 g/mol. The first kappa shape index (κ1) is 12.0. The molecular formula is C5H8BBrFNO3. The first-order valence-corrected chi connectivity index (χ1v) is 3.74. The van der Waals surface area contributed by atoms with Gasteiger partial charge >= 0.3 is 0 Å². The third-order valence-corrected chi connectivity index (χ3v) is 1.65. The summed E-state index contributed by atoms with van der Waals surface area (Å²) in [5.74, 6) is 0. The average Bonchev–Trinajstić information content (AvgIpc) is 2.06. The number of hydrogen-bond donors (Lipinski definition) is 2. The minimum atomic E-state index is -1.70. The predicted molar refractivity (Wildman–Crippen MR) is 45.2 cm³/mol. The van der Waals surface area contributed by atoms with Crippen LogP contribution in [0, 0.1) is 5.41 Å². The second-order valence-electron chi connectivity index (χ2n) is 2.07. The fourth-order valence-corrected chi connectivity index (χ4v) is 1.06. The molecule has 0 heterocycles. The molecule has 3 atom stereocenters. The van der Waals surface area contributed by atoms with Gasteiger partial charge in [-0.2, -0.15) is 0 Å². The molecule has 0 rings (SSSR count). The molecular weight excluding hydrogens is 232 g/mol. The summed E-state index contributed by atoms with van der Waals surface area (Å²) in [5.41, 5.74) is 0. The highest BCUT2D eigenvalue weighted by Crippen LogP contribution is 2.10. The quantitative estimate of drug-likeness (QED) is 0.512. The number of hydrogen-bond acceptors (Lipinski definition) is 4. The lowest BCUT2D eigenvalue weighted by molar-refractivity contribution is -0.000745. The zero-order chi connectivity index (χ0) is 9.56. The van der Waals surface area contributed by atoms with Gasteiger partial charge in [0, 0.05) is 6.21 Å². The molecule has 0 spiro atoms. The van der Waals surface area contributed by atoms with Crippen molar-refractivity contribution in [2.75, 3.05) is 6.61 Å². The molecule has 0 saturated carbocycles. The van der Waals surface area contributed by atoms with E-state index in [4.69, 9.17) is 10.5 Å². The van der Waals surface area contributed by atoms with Crippen molar-refractivity contribution in [3.05, 3.63) is 0 Å². The molecule has 4 nitrogen and oxygen atoms in total. The summed E-state index contributed by atoms with van der Waals surface area (Å²) in [7, 11) is 4.65. The van der Waals surface area contributed by atoms with Gasteiger partial charge in [-0.1, -0.05) is 0 Å². The number of nitrogens with one attached hydrogen (secondary N) is 1. The Balaban J connectivity index is 4.02. The molecule has 0 aliphatic rings. The minimum Gasteiger partial charge on any atom is -0.445 e. The van der Waals surface area contributed by atoms with Crippen molar-refractivity contribution in [1.29, 1.82) is 5.41 Å². The van der Waals surface area contributed by atoms with E-state index in [9.17, 15) is 4.39 Å². The maximum absolute atomic E-state index is 12.7. The van der Waals surface area contributed by atoms with Crippen LogP contribution in [0.5, 0.6) is 0 Å². The zero-order valence-electron chi connectivity index (χ0n) is 6.11. The van der Waals surface area contributed by atoms with Crippen LogP contribution in [0.15, 0.2) is 0 Å². The third-order valence-electron chi connectivity index (χ3n) is 1.22.